The third-order valence-electron chi connectivity index (χ3n) is 3.85. The average molecular weight is 280 g/mol. The van der Waals surface area contributed by atoms with E-state index in [-0.39, 0.29) is 18.1 Å². The van der Waals surface area contributed by atoms with Crippen molar-refractivity contribution in [3.63, 3.8) is 0 Å². The second kappa shape index (κ2) is 6.22. The van der Waals surface area contributed by atoms with Crippen LogP contribution in [-0.4, -0.2) is 35.6 Å². The molecular weight excluding hydrogens is 259 g/mol. The summed E-state index contributed by atoms with van der Waals surface area (Å²) in [7, 11) is 0. The Labute approximate surface area is 118 Å². The molecule has 2 rings (SSSR count). The first kappa shape index (κ1) is 14.8. The topological polar surface area (TPSA) is 66.6 Å². The summed E-state index contributed by atoms with van der Waals surface area (Å²) in [6, 6.07) is 2.93. The SMILES string of the molecule is Cc1cc(N)cc(C(=O)N2CCCC(CCO)C2)c1F. The Morgan fingerprint density at radius 3 is 3.00 bits per heavy atom. The molecular formula is C15H21FN2O2. The Hall–Kier alpha value is -1.62. The highest BCUT2D eigenvalue weighted by Crippen LogP contribution is 2.24. The zero-order valence-electron chi connectivity index (χ0n) is 11.7. The molecule has 0 saturated carbocycles. The van der Waals surface area contributed by atoms with E-state index in [9.17, 15) is 9.18 Å². The number of aryl methyl sites for hydroxylation is 1. The van der Waals surface area contributed by atoms with Gasteiger partial charge in [0, 0.05) is 25.4 Å². The molecule has 1 aliphatic heterocycles. The molecule has 1 heterocycles. The van der Waals surface area contributed by atoms with Crippen molar-refractivity contribution in [3.05, 3.63) is 29.1 Å². The summed E-state index contributed by atoms with van der Waals surface area (Å²) >= 11 is 0. The van der Waals surface area contributed by atoms with Crippen molar-refractivity contribution in [1.82, 2.24) is 4.90 Å². The average Bonchev–Trinajstić information content (AvgIpc) is 2.43. The number of hydrogen-bond acceptors (Lipinski definition) is 3. The minimum Gasteiger partial charge on any atom is -0.399 e. The van der Waals surface area contributed by atoms with E-state index in [1.165, 1.54) is 12.1 Å². The fourth-order valence-corrected chi connectivity index (χ4v) is 2.79. The molecule has 1 amide bonds. The number of amides is 1. The third kappa shape index (κ3) is 3.10. The number of aliphatic hydroxyl groups excluding tert-OH is 1. The highest BCUT2D eigenvalue weighted by Gasteiger charge is 2.26. The van der Waals surface area contributed by atoms with E-state index in [2.05, 4.69) is 0 Å². The highest BCUT2D eigenvalue weighted by molar-refractivity contribution is 5.95. The van der Waals surface area contributed by atoms with E-state index >= 15 is 0 Å². The number of rotatable bonds is 3. The van der Waals surface area contributed by atoms with Crippen LogP contribution in [0.5, 0.6) is 0 Å². The third-order valence-corrected chi connectivity index (χ3v) is 3.85. The van der Waals surface area contributed by atoms with Crippen molar-refractivity contribution >= 4 is 11.6 Å². The maximum absolute atomic E-state index is 14.1. The molecule has 3 N–H and O–H groups in total. The van der Waals surface area contributed by atoms with Crippen LogP contribution in [0.4, 0.5) is 10.1 Å². The van der Waals surface area contributed by atoms with E-state index in [1.807, 2.05) is 0 Å². The molecule has 1 aromatic carbocycles. The van der Waals surface area contributed by atoms with Gasteiger partial charge in [0.05, 0.1) is 5.56 Å². The number of benzene rings is 1. The van der Waals surface area contributed by atoms with Crippen molar-refractivity contribution < 1.29 is 14.3 Å². The maximum Gasteiger partial charge on any atom is 0.256 e. The number of carbonyl (C=O) groups excluding carboxylic acids is 1. The van der Waals surface area contributed by atoms with Crippen molar-refractivity contribution in [2.24, 2.45) is 5.92 Å². The number of piperidine rings is 1. The van der Waals surface area contributed by atoms with Gasteiger partial charge in [-0.1, -0.05) is 0 Å². The molecule has 110 valence electrons. The largest absolute Gasteiger partial charge is 0.399 e. The van der Waals surface area contributed by atoms with Crippen LogP contribution in [0.25, 0.3) is 0 Å². The van der Waals surface area contributed by atoms with Crippen LogP contribution < -0.4 is 5.73 Å². The Morgan fingerprint density at radius 1 is 1.55 bits per heavy atom. The second-order valence-corrected chi connectivity index (χ2v) is 5.47. The summed E-state index contributed by atoms with van der Waals surface area (Å²) in [6.45, 7) is 2.94. The van der Waals surface area contributed by atoms with Gasteiger partial charge in [0.25, 0.3) is 5.91 Å². The minimum absolute atomic E-state index is 0.0483. The maximum atomic E-state index is 14.1. The number of anilines is 1. The van der Waals surface area contributed by atoms with Crippen molar-refractivity contribution in [2.75, 3.05) is 25.4 Å². The van der Waals surface area contributed by atoms with Crippen molar-refractivity contribution in [2.45, 2.75) is 26.2 Å². The van der Waals surface area contributed by atoms with Gasteiger partial charge in [-0.25, -0.2) is 4.39 Å². The molecule has 0 aliphatic carbocycles. The lowest BCUT2D eigenvalue weighted by atomic mass is 9.94. The first-order valence-electron chi connectivity index (χ1n) is 6.98. The van der Waals surface area contributed by atoms with E-state index in [0.717, 1.165) is 12.8 Å². The zero-order chi connectivity index (χ0) is 14.7. The fourth-order valence-electron chi connectivity index (χ4n) is 2.79. The molecule has 1 atom stereocenters. The lowest BCUT2D eigenvalue weighted by Crippen LogP contribution is -2.40. The van der Waals surface area contributed by atoms with Crippen LogP contribution in [0.3, 0.4) is 0 Å². The Kier molecular flexibility index (Phi) is 4.60. The van der Waals surface area contributed by atoms with Crippen LogP contribution >= 0.6 is 0 Å². The van der Waals surface area contributed by atoms with Gasteiger partial charge in [-0.15, -0.1) is 0 Å². The van der Waals surface area contributed by atoms with Gasteiger partial charge in [0.1, 0.15) is 5.82 Å². The quantitative estimate of drug-likeness (QED) is 0.832. The summed E-state index contributed by atoms with van der Waals surface area (Å²) in [5, 5.41) is 9.00. The van der Waals surface area contributed by atoms with Crippen LogP contribution in [0, 0.1) is 18.7 Å². The Bertz CT molecular complexity index is 503. The van der Waals surface area contributed by atoms with E-state index < -0.39 is 5.82 Å². The molecule has 20 heavy (non-hydrogen) atoms. The number of nitrogens with zero attached hydrogens (tertiary/aromatic N) is 1. The number of carbonyl (C=O) groups is 1. The molecule has 1 fully saturated rings. The molecule has 1 unspecified atom stereocenters. The highest BCUT2D eigenvalue weighted by atomic mass is 19.1. The predicted octanol–water partition coefficient (Wildman–Crippen LogP) is 1.95. The van der Waals surface area contributed by atoms with Crippen molar-refractivity contribution in [3.8, 4) is 0 Å². The van der Waals surface area contributed by atoms with Crippen LogP contribution in [0.15, 0.2) is 12.1 Å². The zero-order valence-corrected chi connectivity index (χ0v) is 11.7. The molecule has 1 aliphatic rings. The monoisotopic (exact) mass is 280 g/mol. The molecule has 0 radical (unpaired) electrons. The lowest BCUT2D eigenvalue weighted by molar-refractivity contribution is 0.0649. The van der Waals surface area contributed by atoms with Crippen LogP contribution in [-0.2, 0) is 0 Å². The summed E-state index contributed by atoms with van der Waals surface area (Å²) in [6.07, 6.45) is 2.57. The predicted molar refractivity (Wildman–Crippen MR) is 75.9 cm³/mol. The number of nitrogen functional groups attached to an aromatic ring is 1. The first-order chi connectivity index (χ1) is 9.52. The summed E-state index contributed by atoms with van der Waals surface area (Å²) in [5.41, 5.74) is 6.53. The number of aliphatic hydroxyl groups is 1. The number of nitrogens with two attached hydrogens (primary N) is 1. The van der Waals surface area contributed by atoms with E-state index in [0.29, 0.717) is 36.7 Å². The standard InChI is InChI=1S/C15H21FN2O2/c1-10-7-12(17)8-13(14(10)16)15(20)18-5-2-3-11(9-18)4-6-19/h7-8,11,19H,2-6,9,17H2,1H3. The molecule has 1 aromatic rings. The van der Waals surface area contributed by atoms with Crippen molar-refractivity contribution in [1.29, 1.82) is 0 Å². The van der Waals surface area contributed by atoms with E-state index in [4.69, 9.17) is 10.8 Å². The normalized spacial score (nSPS) is 19.1. The van der Waals surface area contributed by atoms with Gasteiger partial charge in [0.2, 0.25) is 0 Å². The molecule has 5 heteroatoms. The minimum atomic E-state index is -0.492. The lowest BCUT2D eigenvalue weighted by Gasteiger charge is -2.32. The molecule has 0 aromatic heterocycles. The van der Waals surface area contributed by atoms with Gasteiger partial charge in [-0.05, 0) is 49.8 Å². The van der Waals surface area contributed by atoms with Gasteiger partial charge in [-0.2, -0.15) is 0 Å². The van der Waals surface area contributed by atoms with Gasteiger partial charge in [-0.3, -0.25) is 4.79 Å². The van der Waals surface area contributed by atoms with Crippen LogP contribution in [0.1, 0.15) is 35.2 Å². The van der Waals surface area contributed by atoms with E-state index in [1.54, 1.807) is 11.8 Å². The molecule has 1 saturated heterocycles. The Balaban J connectivity index is 2.19. The molecule has 4 nitrogen and oxygen atoms in total. The smallest absolute Gasteiger partial charge is 0.256 e. The fraction of sp³-hybridized carbons (Fsp3) is 0.533. The number of hydrogen-bond donors (Lipinski definition) is 2. The number of halogens is 1. The van der Waals surface area contributed by atoms with Gasteiger partial charge < -0.3 is 15.7 Å². The van der Waals surface area contributed by atoms with Gasteiger partial charge in [0.15, 0.2) is 0 Å². The summed E-state index contributed by atoms with van der Waals surface area (Å²) in [4.78, 5) is 14.1. The summed E-state index contributed by atoms with van der Waals surface area (Å²) < 4.78 is 14.1. The molecule has 0 spiro atoms. The Morgan fingerprint density at radius 2 is 2.30 bits per heavy atom. The van der Waals surface area contributed by atoms with Crippen LogP contribution in [0.2, 0.25) is 0 Å². The first-order valence-corrected chi connectivity index (χ1v) is 6.98. The summed E-state index contributed by atoms with van der Waals surface area (Å²) in [5.74, 6) is -0.503. The molecule has 0 bridgehead atoms. The number of likely N-dealkylation sites (tertiary alicyclic amines) is 1. The van der Waals surface area contributed by atoms with Gasteiger partial charge >= 0.3 is 0 Å². The second-order valence-electron chi connectivity index (χ2n) is 5.47.